The third-order valence-electron chi connectivity index (χ3n) is 1.37. The Labute approximate surface area is 81.6 Å². The average Bonchev–Trinajstić information content (AvgIpc) is 2.04. The molecule has 0 fully saturated rings. The summed E-state index contributed by atoms with van der Waals surface area (Å²) >= 11 is 3.16. The molecule has 60 valence electrons. The summed E-state index contributed by atoms with van der Waals surface area (Å²) in [5.74, 6) is 0.819. The van der Waals surface area contributed by atoms with E-state index >= 15 is 0 Å². The van der Waals surface area contributed by atoms with Crippen LogP contribution in [0.4, 0.5) is 5.82 Å². The van der Waals surface area contributed by atoms with E-state index in [1.54, 1.807) is 12.3 Å². The molecule has 1 aromatic rings. The first-order valence-corrected chi connectivity index (χ1v) is 4.29. The van der Waals surface area contributed by atoms with Crippen molar-refractivity contribution in [1.82, 2.24) is 4.98 Å². The molecule has 0 aromatic carbocycles. The minimum Gasteiger partial charge on any atom is -0.373 e. The normalized spacial score (nSPS) is 11.3. The van der Waals surface area contributed by atoms with Crippen LogP contribution >= 0.6 is 15.9 Å². The molecule has 1 N–H and O–H groups in total. The van der Waals surface area contributed by atoms with E-state index in [2.05, 4.69) is 26.2 Å². The van der Waals surface area contributed by atoms with E-state index in [1.807, 2.05) is 19.2 Å². The zero-order valence-corrected chi connectivity index (χ0v) is 8.30. The molecular formula is C8H8BBrN2. The molecule has 1 heterocycles. The van der Waals surface area contributed by atoms with Gasteiger partial charge in [0.2, 0.25) is 0 Å². The molecule has 1 aromatic heterocycles. The van der Waals surface area contributed by atoms with Crippen LogP contribution in [0.15, 0.2) is 22.7 Å². The zero-order valence-electron chi connectivity index (χ0n) is 6.71. The number of pyridine rings is 1. The smallest absolute Gasteiger partial charge is 0.132 e. The van der Waals surface area contributed by atoms with Crippen LogP contribution in [0, 0.1) is 0 Å². The standard InChI is InChI=1S/C8H8BBrN2/c1-11-8-6(5-7(9)10)3-2-4-12-8/h2-5H,1H3,(H,11,12)/b7-5-. The van der Waals surface area contributed by atoms with Crippen molar-refractivity contribution in [3.63, 3.8) is 0 Å². The van der Waals surface area contributed by atoms with Crippen LogP contribution in [0.5, 0.6) is 0 Å². The lowest BCUT2D eigenvalue weighted by molar-refractivity contribution is 1.28. The first-order chi connectivity index (χ1) is 5.74. The van der Waals surface area contributed by atoms with Crippen LogP contribution in [0.3, 0.4) is 0 Å². The highest BCUT2D eigenvalue weighted by Crippen LogP contribution is 2.15. The number of hydrogen-bond acceptors (Lipinski definition) is 2. The second-order valence-electron chi connectivity index (χ2n) is 2.22. The van der Waals surface area contributed by atoms with Crippen molar-refractivity contribution < 1.29 is 0 Å². The highest BCUT2D eigenvalue weighted by Gasteiger charge is 1.96. The fraction of sp³-hybridized carbons (Fsp3) is 0.125. The molecule has 0 spiro atoms. The van der Waals surface area contributed by atoms with Gasteiger partial charge in [-0.25, -0.2) is 4.98 Å². The Hall–Kier alpha value is -0.765. The lowest BCUT2D eigenvalue weighted by Gasteiger charge is -2.02. The number of halogens is 1. The minimum atomic E-state index is 0.590. The highest BCUT2D eigenvalue weighted by atomic mass is 79.9. The first kappa shape index (κ1) is 9.32. The van der Waals surface area contributed by atoms with E-state index < -0.39 is 0 Å². The number of aromatic nitrogens is 1. The van der Waals surface area contributed by atoms with Gasteiger partial charge in [-0.3, -0.25) is 0 Å². The van der Waals surface area contributed by atoms with Crippen molar-refractivity contribution in [3.8, 4) is 0 Å². The molecule has 0 atom stereocenters. The molecule has 0 aliphatic carbocycles. The lowest BCUT2D eigenvalue weighted by atomic mass is 10.1. The summed E-state index contributed by atoms with van der Waals surface area (Å²) in [4.78, 5) is 4.12. The second-order valence-corrected chi connectivity index (χ2v) is 3.14. The fourth-order valence-electron chi connectivity index (χ4n) is 0.892. The van der Waals surface area contributed by atoms with Crippen LogP contribution < -0.4 is 5.32 Å². The summed E-state index contributed by atoms with van der Waals surface area (Å²) in [6, 6.07) is 3.80. The quantitative estimate of drug-likeness (QED) is 0.775. The number of nitrogens with zero attached hydrogens (tertiary/aromatic N) is 1. The van der Waals surface area contributed by atoms with Gasteiger partial charge in [-0.2, -0.15) is 0 Å². The molecule has 2 nitrogen and oxygen atoms in total. The SMILES string of the molecule is [B]/C(Br)=C/c1cccnc1NC. The van der Waals surface area contributed by atoms with Crippen LogP contribution in [0.1, 0.15) is 5.56 Å². The van der Waals surface area contributed by atoms with Gasteiger partial charge in [0.25, 0.3) is 0 Å². The monoisotopic (exact) mass is 222 g/mol. The van der Waals surface area contributed by atoms with Crippen LogP contribution in [-0.4, -0.2) is 19.9 Å². The Morgan fingerprint density at radius 1 is 1.75 bits per heavy atom. The molecule has 0 aliphatic heterocycles. The van der Waals surface area contributed by atoms with Crippen molar-refractivity contribution in [2.24, 2.45) is 0 Å². The van der Waals surface area contributed by atoms with Gasteiger partial charge in [0.05, 0.1) is 0 Å². The summed E-state index contributed by atoms with van der Waals surface area (Å²) in [6.45, 7) is 0. The largest absolute Gasteiger partial charge is 0.373 e. The summed E-state index contributed by atoms with van der Waals surface area (Å²) in [5, 5.41) is 2.97. The van der Waals surface area contributed by atoms with Crippen molar-refractivity contribution in [2.75, 3.05) is 12.4 Å². The van der Waals surface area contributed by atoms with Crippen molar-refractivity contribution in [3.05, 3.63) is 28.3 Å². The van der Waals surface area contributed by atoms with E-state index in [-0.39, 0.29) is 0 Å². The molecule has 4 heteroatoms. The van der Waals surface area contributed by atoms with Gasteiger partial charge in [-0.1, -0.05) is 26.4 Å². The molecule has 0 amide bonds. The summed E-state index contributed by atoms with van der Waals surface area (Å²) < 4.78 is 0.590. The van der Waals surface area contributed by atoms with Crippen molar-refractivity contribution in [1.29, 1.82) is 0 Å². The zero-order chi connectivity index (χ0) is 8.97. The maximum absolute atomic E-state index is 5.47. The Morgan fingerprint density at radius 3 is 3.08 bits per heavy atom. The molecule has 0 bridgehead atoms. The summed E-state index contributed by atoms with van der Waals surface area (Å²) in [6.07, 6.45) is 3.53. The maximum Gasteiger partial charge on any atom is 0.132 e. The summed E-state index contributed by atoms with van der Waals surface area (Å²) in [5.41, 5.74) is 0.967. The average molecular weight is 223 g/mol. The summed E-state index contributed by atoms with van der Waals surface area (Å²) in [7, 11) is 7.29. The van der Waals surface area contributed by atoms with E-state index in [0.717, 1.165) is 11.4 Å². The second kappa shape index (κ2) is 4.31. The first-order valence-electron chi connectivity index (χ1n) is 3.49. The molecule has 12 heavy (non-hydrogen) atoms. The van der Waals surface area contributed by atoms with E-state index in [4.69, 9.17) is 7.85 Å². The predicted octanol–water partition coefficient (Wildman–Crippen LogP) is 1.99. The van der Waals surface area contributed by atoms with E-state index in [9.17, 15) is 0 Å². The van der Waals surface area contributed by atoms with E-state index in [0.29, 0.717) is 4.38 Å². The fourth-order valence-corrected chi connectivity index (χ4v) is 1.14. The van der Waals surface area contributed by atoms with Gasteiger partial charge in [-0.15, -0.1) is 0 Å². The van der Waals surface area contributed by atoms with Gasteiger partial charge in [0, 0.05) is 18.8 Å². The number of hydrogen-bond donors (Lipinski definition) is 1. The van der Waals surface area contributed by atoms with Gasteiger partial charge >= 0.3 is 0 Å². The third kappa shape index (κ3) is 2.38. The molecule has 0 unspecified atom stereocenters. The van der Waals surface area contributed by atoms with Crippen molar-refractivity contribution in [2.45, 2.75) is 0 Å². The topological polar surface area (TPSA) is 24.9 Å². The van der Waals surface area contributed by atoms with Gasteiger partial charge in [-0.05, 0) is 12.1 Å². The Morgan fingerprint density at radius 2 is 2.50 bits per heavy atom. The van der Waals surface area contributed by atoms with Gasteiger partial charge in [0.15, 0.2) is 0 Å². The predicted molar refractivity (Wildman–Crippen MR) is 56.4 cm³/mol. The number of rotatable bonds is 2. The molecule has 0 saturated heterocycles. The molecule has 1 rings (SSSR count). The molecule has 0 aliphatic rings. The van der Waals surface area contributed by atoms with E-state index in [1.165, 1.54) is 0 Å². The molecule has 2 radical (unpaired) electrons. The lowest BCUT2D eigenvalue weighted by Crippen LogP contribution is -1.94. The number of nitrogens with one attached hydrogen (secondary N) is 1. The van der Waals surface area contributed by atoms with Crippen LogP contribution in [0.2, 0.25) is 0 Å². The molecular weight excluding hydrogens is 215 g/mol. The Kier molecular flexibility index (Phi) is 3.35. The van der Waals surface area contributed by atoms with Crippen LogP contribution in [0.25, 0.3) is 6.08 Å². The number of anilines is 1. The molecule has 0 saturated carbocycles. The van der Waals surface area contributed by atoms with Gasteiger partial charge in [0.1, 0.15) is 13.7 Å². The Bertz CT molecular complexity index is 295. The highest BCUT2D eigenvalue weighted by molar-refractivity contribution is 9.12. The van der Waals surface area contributed by atoms with Gasteiger partial charge < -0.3 is 5.32 Å². The van der Waals surface area contributed by atoms with Crippen LogP contribution in [-0.2, 0) is 0 Å². The Balaban J connectivity index is 3.05. The third-order valence-corrected chi connectivity index (χ3v) is 1.60. The minimum absolute atomic E-state index is 0.590. The maximum atomic E-state index is 5.47. The van der Waals surface area contributed by atoms with Crippen molar-refractivity contribution >= 4 is 35.7 Å².